The summed E-state index contributed by atoms with van der Waals surface area (Å²) in [4.78, 5) is 25.5. The van der Waals surface area contributed by atoms with Gasteiger partial charge in [0.15, 0.2) is 0 Å². The first-order valence-electron chi connectivity index (χ1n) is 5.89. The van der Waals surface area contributed by atoms with E-state index in [1.807, 2.05) is 0 Å². The van der Waals surface area contributed by atoms with E-state index in [1.165, 1.54) is 30.6 Å². The molecular weight excluding hydrogens is 312 g/mol. The molecule has 1 aromatic heterocycles. The van der Waals surface area contributed by atoms with E-state index in [0.29, 0.717) is 5.56 Å². The Morgan fingerprint density at radius 1 is 1.41 bits per heavy atom. The van der Waals surface area contributed by atoms with E-state index >= 15 is 0 Å². The van der Waals surface area contributed by atoms with Gasteiger partial charge in [0.25, 0.3) is 5.91 Å². The van der Waals surface area contributed by atoms with E-state index < -0.39 is 22.3 Å². The molecule has 22 heavy (non-hydrogen) atoms. The van der Waals surface area contributed by atoms with E-state index in [2.05, 4.69) is 15.5 Å². The Morgan fingerprint density at radius 2 is 2.09 bits per heavy atom. The van der Waals surface area contributed by atoms with Crippen molar-refractivity contribution >= 4 is 29.4 Å². The molecule has 0 aliphatic rings. The molecule has 1 amide bonds. The molecule has 0 bridgehead atoms. The second-order valence-electron chi connectivity index (χ2n) is 4.05. The van der Waals surface area contributed by atoms with Crippen molar-refractivity contribution in [3.05, 3.63) is 62.9 Å². The van der Waals surface area contributed by atoms with Gasteiger partial charge in [0.2, 0.25) is 5.75 Å². The highest BCUT2D eigenvalue weighted by atomic mass is 35.5. The molecule has 0 atom stereocenters. The minimum absolute atomic E-state index is 0.00854. The van der Waals surface area contributed by atoms with Gasteiger partial charge in [-0.15, -0.1) is 0 Å². The second kappa shape index (κ2) is 6.64. The standard InChI is InChI=1S/C13H9ClN4O4/c14-10-5-9(12(19)11(6-10)18(21)22)7-16-17-13(20)8-1-3-15-4-2-8/h1-7,19H,(H,17,20)/b16-7+. The van der Waals surface area contributed by atoms with Crippen molar-refractivity contribution in [2.45, 2.75) is 0 Å². The number of nitro benzene ring substituents is 1. The number of nitro groups is 1. The molecule has 0 unspecified atom stereocenters. The van der Waals surface area contributed by atoms with Crippen LogP contribution in [0.5, 0.6) is 5.75 Å². The number of benzene rings is 1. The lowest BCUT2D eigenvalue weighted by Crippen LogP contribution is -2.17. The Kier molecular flexibility index (Phi) is 4.64. The summed E-state index contributed by atoms with van der Waals surface area (Å²) in [6, 6.07) is 5.29. The summed E-state index contributed by atoms with van der Waals surface area (Å²) in [6.07, 6.45) is 3.96. The largest absolute Gasteiger partial charge is 0.502 e. The zero-order chi connectivity index (χ0) is 16.1. The number of carbonyl (C=O) groups is 1. The summed E-state index contributed by atoms with van der Waals surface area (Å²) >= 11 is 5.73. The molecule has 1 heterocycles. The Labute approximate surface area is 129 Å². The van der Waals surface area contributed by atoms with E-state index in [1.54, 1.807) is 0 Å². The number of phenols is 1. The molecule has 2 rings (SSSR count). The summed E-state index contributed by atoms with van der Waals surface area (Å²) in [5, 5.41) is 24.2. The second-order valence-corrected chi connectivity index (χ2v) is 4.49. The first-order chi connectivity index (χ1) is 10.5. The monoisotopic (exact) mass is 320 g/mol. The Hall–Kier alpha value is -3.00. The average molecular weight is 321 g/mol. The maximum atomic E-state index is 11.7. The van der Waals surface area contributed by atoms with Crippen molar-refractivity contribution in [2.75, 3.05) is 0 Å². The van der Waals surface area contributed by atoms with Gasteiger partial charge in [-0.3, -0.25) is 19.9 Å². The van der Waals surface area contributed by atoms with Gasteiger partial charge in [-0.1, -0.05) is 11.6 Å². The Morgan fingerprint density at radius 3 is 2.73 bits per heavy atom. The molecule has 0 aliphatic carbocycles. The summed E-state index contributed by atoms with van der Waals surface area (Å²) in [5.41, 5.74) is 2.02. The number of pyridine rings is 1. The highest BCUT2D eigenvalue weighted by molar-refractivity contribution is 6.31. The molecule has 8 nitrogen and oxygen atoms in total. The molecule has 112 valence electrons. The first kappa shape index (κ1) is 15.4. The molecular formula is C13H9ClN4O4. The molecule has 2 aromatic rings. The number of amides is 1. The number of nitrogens with zero attached hydrogens (tertiary/aromatic N) is 3. The van der Waals surface area contributed by atoms with Crippen LogP contribution in [0.2, 0.25) is 5.02 Å². The molecule has 9 heteroatoms. The van der Waals surface area contributed by atoms with Crippen molar-refractivity contribution in [2.24, 2.45) is 5.10 Å². The van der Waals surface area contributed by atoms with Crippen LogP contribution in [0.25, 0.3) is 0 Å². The van der Waals surface area contributed by atoms with Crippen LogP contribution in [0.3, 0.4) is 0 Å². The Bertz CT molecular complexity index is 749. The fourth-order valence-corrected chi connectivity index (χ4v) is 1.79. The van der Waals surface area contributed by atoms with Gasteiger partial charge in [-0.25, -0.2) is 5.43 Å². The van der Waals surface area contributed by atoms with Gasteiger partial charge in [0.05, 0.1) is 11.1 Å². The number of hydrazone groups is 1. The molecule has 2 N–H and O–H groups in total. The third kappa shape index (κ3) is 3.55. The topological polar surface area (TPSA) is 118 Å². The molecule has 0 radical (unpaired) electrons. The summed E-state index contributed by atoms with van der Waals surface area (Å²) in [5.74, 6) is -1.08. The van der Waals surface area contributed by atoms with Crippen LogP contribution in [0.15, 0.2) is 41.8 Å². The zero-order valence-corrected chi connectivity index (χ0v) is 11.7. The van der Waals surface area contributed by atoms with Crippen molar-refractivity contribution < 1.29 is 14.8 Å². The summed E-state index contributed by atoms with van der Waals surface area (Å²) in [6.45, 7) is 0. The first-order valence-corrected chi connectivity index (χ1v) is 6.27. The molecule has 0 aliphatic heterocycles. The van der Waals surface area contributed by atoms with Crippen LogP contribution in [-0.4, -0.2) is 27.1 Å². The van der Waals surface area contributed by atoms with Crippen LogP contribution in [-0.2, 0) is 0 Å². The molecule has 1 aromatic carbocycles. The Balaban J connectivity index is 2.17. The summed E-state index contributed by atoms with van der Waals surface area (Å²) < 4.78 is 0. The SMILES string of the molecule is O=C(N/N=C/c1cc(Cl)cc([N+](=O)[O-])c1O)c1ccncc1. The fraction of sp³-hybridized carbons (Fsp3) is 0. The number of halogens is 1. The number of nitrogens with one attached hydrogen (secondary N) is 1. The maximum absolute atomic E-state index is 11.7. The van der Waals surface area contributed by atoms with Crippen LogP contribution in [0, 0.1) is 10.1 Å². The lowest BCUT2D eigenvalue weighted by atomic mass is 10.2. The number of hydrogen-bond donors (Lipinski definition) is 2. The van der Waals surface area contributed by atoms with Crippen LogP contribution in [0.4, 0.5) is 5.69 Å². The number of hydrogen-bond acceptors (Lipinski definition) is 6. The average Bonchev–Trinajstić information content (AvgIpc) is 2.50. The fourth-order valence-electron chi connectivity index (χ4n) is 1.57. The molecule has 0 saturated carbocycles. The van der Waals surface area contributed by atoms with Crippen LogP contribution in [0.1, 0.15) is 15.9 Å². The van der Waals surface area contributed by atoms with Crippen molar-refractivity contribution in [1.82, 2.24) is 10.4 Å². The van der Waals surface area contributed by atoms with Gasteiger partial charge in [0, 0.05) is 34.6 Å². The summed E-state index contributed by atoms with van der Waals surface area (Å²) in [7, 11) is 0. The normalized spacial score (nSPS) is 10.6. The van der Waals surface area contributed by atoms with Crippen molar-refractivity contribution in [3.8, 4) is 5.75 Å². The van der Waals surface area contributed by atoms with E-state index in [-0.39, 0.29) is 10.6 Å². The van der Waals surface area contributed by atoms with E-state index in [0.717, 1.165) is 12.3 Å². The third-order valence-corrected chi connectivity index (χ3v) is 2.81. The van der Waals surface area contributed by atoms with Crippen molar-refractivity contribution in [1.29, 1.82) is 0 Å². The maximum Gasteiger partial charge on any atom is 0.312 e. The van der Waals surface area contributed by atoms with Crippen molar-refractivity contribution in [3.63, 3.8) is 0 Å². The number of rotatable bonds is 4. The molecule has 0 saturated heterocycles. The molecule has 0 fully saturated rings. The van der Waals surface area contributed by atoms with Crippen LogP contribution < -0.4 is 5.43 Å². The molecule has 0 spiro atoms. The highest BCUT2D eigenvalue weighted by Crippen LogP contribution is 2.32. The van der Waals surface area contributed by atoms with Crippen LogP contribution >= 0.6 is 11.6 Å². The van der Waals surface area contributed by atoms with Gasteiger partial charge in [-0.05, 0) is 18.2 Å². The smallest absolute Gasteiger partial charge is 0.312 e. The predicted octanol–water partition coefficient (Wildman–Crippen LogP) is 2.11. The van der Waals surface area contributed by atoms with Gasteiger partial charge in [-0.2, -0.15) is 5.10 Å². The number of carbonyl (C=O) groups excluding carboxylic acids is 1. The highest BCUT2D eigenvalue weighted by Gasteiger charge is 2.17. The quantitative estimate of drug-likeness (QED) is 0.508. The lowest BCUT2D eigenvalue weighted by Gasteiger charge is -2.02. The van der Waals surface area contributed by atoms with Gasteiger partial charge in [0.1, 0.15) is 0 Å². The van der Waals surface area contributed by atoms with E-state index in [9.17, 15) is 20.0 Å². The minimum atomic E-state index is -0.770. The number of phenolic OH excluding ortho intramolecular Hbond substituents is 1. The zero-order valence-electron chi connectivity index (χ0n) is 10.9. The van der Waals surface area contributed by atoms with Gasteiger partial charge < -0.3 is 5.11 Å². The lowest BCUT2D eigenvalue weighted by molar-refractivity contribution is -0.385. The predicted molar refractivity (Wildman–Crippen MR) is 79.1 cm³/mol. The number of aromatic hydroxyl groups is 1. The third-order valence-electron chi connectivity index (χ3n) is 2.59. The minimum Gasteiger partial charge on any atom is -0.502 e. The number of aromatic nitrogens is 1. The van der Waals surface area contributed by atoms with E-state index in [4.69, 9.17) is 11.6 Å². The van der Waals surface area contributed by atoms with Gasteiger partial charge >= 0.3 is 5.69 Å².